The lowest BCUT2D eigenvalue weighted by Gasteiger charge is -2.17. The van der Waals surface area contributed by atoms with E-state index in [0.29, 0.717) is 78.4 Å². The number of imidazole rings is 3. The van der Waals surface area contributed by atoms with Gasteiger partial charge in [-0.05, 0) is 103 Å². The molecule has 0 spiro atoms. The molecule has 44 nitrogen and oxygen atoms in total. The van der Waals surface area contributed by atoms with E-state index < -0.39 is 83.3 Å². The molecule has 117 heavy (non-hydrogen) atoms. The number of hydrogen-bond acceptors (Lipinski definition) is 35. The molecule has 3 aliphatic rings. The Morgan fingerprint density at radius 2 is 1.10 bits per heavy atom. The molecule has 0 radical (unpaired) electrons. The predicted octanol–water partition coefficient (Wildman–Crippen LogP) is 0.962. The molecule has 0 amide bonds. The van der Waals surface area contributed by atoms with Gasteiger partial charge >= 0.3 is 11.4 Å². The number of aromatic amines is 4. The Kier molecular flexibility index (Phi) is 37.1. The fraction of sp³-hybridized carbons (Fsp3) is 0.606. The number of pyridine rings is 1. The first-order valence-corrected chi connectivity index (χ1v) is 38.4. The van der Waals surface area contributed by atoms with Gasteiger partial charge in [0.1, 0.15) is 86.4 Å². The molecule has 46 heteroatoms. The number of anilines is 4. The van der Waals surface area contributed by atoms with Gasteiger partial charge in [0, 0.05) is 23.6 Å². The third-order valence-corrected chi connectivity index (χ3v) is 17.3. The van der Waals surface area contributed by atoms with Crippen LogP contribution in [0, 0.1) is 19.7 Å². The molecule has 9 aromatic heterocycles. The van der Waals surface area contributed by atoms with E-state index in [0.717, 1.165) is 10.8 Å². The van der Waals surface area contributed by atoms with E-state index in [1.807, 2.05) is 89.2 Å². The van der Waals surface area contributed by atoms with E-state index in [1.54, 1.807) is 46.0 Å². The second-order valence-corrected chi connectivity index (χ2v) is 29.2. The molecule has 9 aromatic rings. The number of nitrogens with two attached hydrogens (primary N) is 4. The van der Waals surface area contributed by atoms with Gasteiger partial charge in [-0.25, -0.2) is 38.6 Å². The Hall–Kier alpha value is -9.60. The summed E-state index contributed by atoms with van der Waals surface area (Å²) in [7, 11) is 0. The minimum Gasteiger partial charge on any atom is -0.394 e. The average Bonchev–Trinajstić information content (AvgIpc) is 1.70. The van der Waals surface area contributed by atoms with Gasteiger partial charge in [0.05, 0.1) is 127 Å². The number of aliphatic hydroxyl groups is 4. The first-order chi connectivity index (χ1) is 55.5. The van der Waals surface area contributed by atoms with Crippen LogP contribution in [0.25, 0.3) is 33.4 Å². The van der Waals surface area contributed by atoms with Crippen molar-refractivity contribution in [2.45, 2.75) is 214 Å². The van der Waals surface area contributed by atoms with E-state index in [4.69, 9.17) is 79.8 Å². The Morgan fingerprint density at radius 3 is 1.65 bits per heavy atom. The molecule has 12 heterocycles. The number of nitrogens with zero attached hydrogens (tertiary/aromatic N) is 14. The van der Waals surface area contributed by atoms with Gasteiger partial charge in [-0.2, -0.15) is 20.1 Å². The smallest absolute Gasteiger partial charge is 0.351 e. The van der Waals surface area contributed by atoms with E-state index in [-0.39, 0.29) is 129 Å². The summed E-state index contributed by atoms with van der Waals surface area (Å²) < 4.78 is 87.9. The van der Waals surface area contributed by atoms with Crippen LogP contribution in [0.4, 0.5) is 27.9 Å². The summed E-state index contributed by atoms with van der Waals surface area (Å²) >= 11 is 1.52. The standard InChI is InChI=1S/C13H18N2O4.2C12H19N5O4.C12H18N4O3.C11H16FN3O3S.C11H19N3O4/c1-8(2)18-7-10-4-5-11(19-10)15-6-9(3)12(16)14-13(15)17;2*1-7(2)20-4-8(3-18)21-6-17-5-14-9-10(17)15-12(13)16-11(9)19;1-8(2)19-4-3-18-7-16-6-14-11-9(16)5-10(13)15-12(11)17;1-6(2)17-4-9-18-8(5-19-9)15-3-7(12)10(13)14-11(15)16;1-6(2)17-4-8-9(15)10(16)11(18-8)14-5-12-7(3)13-14/h4-6,8,10-11H,7H2,1-3H3,(H,14,16,17);2*5,7-8,18H,3-4,6H2,1-2H3,(H3,13,15,16,19);5-6,8H,3-4,7H2,1-2H3,(H3,13,15,17);3,6,8-9H,4-5H2,1-2H3,(H2,13,14,16);5-6,8-11,15-16H,4H2,1-3H3/t10-,11?;;;;8?,9-;8-,9-,10-,11-/m0...11/s1. The number of halogens is 1. The number of H-pyrrole nitrogens is 4. The second kappa shape index (κ2) is 45.9. The summed E-state index contributed by atoms with van der Waals surface area (Å²) in [4.78, 5) is 106. The number of aromatic nitrogens is 18. The molecule has 4 unspecified atom stereocenters. The molecule has 10 atom stereocenters. The second-order valence-electron chi connectivity index (χ2n) is 28.0. The van der Waals surface area contributed by atoms with Crippen molar-refractivity contribution in [3.05, 3.63) is 136 Å². The minimum absolute atomic E-state index is 0.0103. The average molecular weight is 1670 g/mol. The highest BCUT2D eigenvalue weighted by molar-refractivity contribution is 8.00. The molecule has 2 fully saturated rings. The van der Waals surface area contributed by atoms with Crippen molar-refractivity contribution in [2.24, 2.45) is 0 Å². The van der Waals surface area contributed by atoms with Crippen molar-refractivity contribution >= 4 is 68.7 Å². The van der Waals surface area contributed by atoms with Crippen LogP contribution in [0.1, 0.15) is 113 Å². The lowest BCUT2D eigenvalue weighted by atomic mass is 10.1. The molecular formula is C71H109FN22O22S. The van der Waals surface area contributed by atoms with Crippen LogP contribution < -0.4 is 56.6 Å². The third kappa shape index (κ3) is 29.2. The number of rotatable bonds is 32. The summed E-state index contributed by atoms with van der Waals surface area (Å²) in [5, 5.41) is 42.4. The van der Waals surface area contributed by atoms with E-state index in [2.05, 4.69) is 59.9 Å². The first kappa shape index (κ1) is 94.5. The van der Waals surface area contributed by atoms with E-state index in [1.165, 1.54) is 46.2 Å². The Balaban J connectivity index is 0.000000194. The van der Waals surface area contributed by atoms with Crippen molar-refractivity contribution < 1.29 is 81.7 Å². The van der Waals surface area contributed by atoms with Gasteiger partial charge in [-0.1, -0.05) is 6.08 Å². The summed E-state index contributed by atoms with van der Waals surface area (Å²) in [5.41, 5.74) is 21.6. The SMILES string of the molecule is CC(C)OCC(CO)OCn1cnc2c(=O)[nH]c(N)nc21.CC(C)OCC(CO)OCn1cnc2c(=O)[nH]c(N)nc21.CC(C)OCCOCn1cnc2c(=O)[nH]c(N)cc21.CC(C)OC[C@@H]1OC(n2cc(F)c(N)nc2=O)CS1.Cc1cn(C2C=C[C@@H](COC(C)C)O2)c(=O)[nH]c1=O.Cc1ncn([C@@H]2O[C@H](COC(C)C)[C@@H](O)[C@H]2O)n1. The van der Waals surface area contributed by atoms with Crippen LogP contribution >= 0.6 is 11.8 Å². The van der Waals surface area contributed by atoms with E-state index >= 15 is 0 Å². The number of nitrogens with one attached hydrogen (secondary N) is 4. The number of thioether (sulfide) groups is 1. The highest BCUT2D eigenvalue weighted by atomic mass is 32.2. The summed E-state index contributed by atoms with van der Waals surface area (Å²) in [6.45, 7) is 29.3. The Morgan fingerprint density at radius 1 is 0.564 bits per heavy atom. The lowest BCUT2D eigenvalue weighted by Crippen LogP contribution is -2.34. The van der Waals surface area contributed by atoms with Crippen LogP contribution in [-0.4, -0.2) is 252 Å². The summed E-state index contributed by atoms with van der Waals surface area (Å²) in [6, 6.07) is 1.66. The molecule has 648 valence electrons. The van der Waals surface area contributed by atoms with Crippen molar-refractivity contribution in [3.63, 3.8) is 0 Å². The topological polar surface area (TPSA) is 594 Å². The quantitative estimate of drug-likeness (QED) is 0.0206. The van der Waals surface area contributed by atoms with Gasteiger partial charge < -0.3 is 110 Å². The zero-order valence-electron chi connectivity index (χ0n) is 67.6. The number of ether oxygens (including phenoxy) is 12. The third-order valence-electron chi connectivity index (χ3n) is 16.3. The maximum atomic E-state index is 13.3. The Bertz CT molecular complexity index is 4850. The molecule has 12 rings (SSSR count). The van der Waals surface area contributed by atoms with Crippen molar-refractivity contribution in [2.75, 3.05) is 88.1 Å². The van der Waals surface area contributed by atoms with Crippen molar-refractivity contribution in [1.82, 2.24) is 87.4 Å². The van der Waals surface area contributed by atoms with Crippen LogP contribution in [0.3, 0.4) is 0 Å². The van der Waals surface area contributed by atoms with Gasteiger partial charge in [-0.3, -0.25) is 52.4 Å². The Labute approximate surface area is 673 Å². The maximum absolute atomic E-state index is 13.3. The van der Waals surface area contributed by atoms with Crippen LogP contribution in [0.2, 0.25) is 0 Å². The fourth-order valence-corrected chi connectivity index (χ4v) is 11.4. The van der Waals surface area contributed by atoms with Gasteiger partial charge in [-0.15, -0.1) is 11.8 Å². The predicted molar refractivity (Wildman–Crippen MR) is 425 cm³/mol. The molecule has 2 saturated heterocycles. The van der Waals surface area contributed by atoms with Crippen LogP contribution in [-0.2, 0) is 77.0 Å². The zero-order valence-corrected chi connectivity index (χ0v) is 68.4. The summed E-state index contributed by atoms with van der Waals surface area (Å²) in [5.74, 6) is 0.329. The number of fused-ring (bicyclic) bond motifs is 3. The fourth-order valence-electron chi connectivity index (χ4n) is 10.4. The van der Waals surface area contributed by atoms with E-state index in [9.17, 15) is 53.6 Å². The van der Waals surface area contributed by atoms with Gasteiger partial charge in [0.15, 0.2) is 51.9 Å². The maximum Gasteiger partial charge on any atom is 0.351 e. The molecule has 0 saturated carbocycles. The highest BCUT2D eigenvalue weighted by Crippen LogP contribution is 2.32. The first-order valence-electron chi connectivity index (χ1n) is 37.4. The van der Waals surface area contributed by atoms with Crippen LogP contribution in [0.15, 0.2) is 84.7 Å². The van der Waals surface area contributed by atoms with Crippen LogP contribution in [0.5, 0.6) is 0 Å². The molecule has 0 bridgehead atoms. The molecule has 16 N–H and O–H groups in total. The van der Waals surface area contributed by atoms with Gasteiger partial charge in [0.25, 0.3) is 22.2 Å². The number of hydrogen-bond donors (Lipinski definition) is 12. The minimum atomic E-state index is -1.04. The highest BCUT2D eigenvalue weighted by Gasteiger charge is 2.44. The molecule has 3 aliphatic heterocycles. The number of nitrogen functional groups attached to an aromatic ring is 4. The molecular weight excluding hydrogens is 1560 g/mol. The van der Waals surface area contributed by atoms with Crippen molar-refractivity contribution in [1.29, 1.82) is 0 Å². The zero-order chi connectivity index (χ0) is 85.9. The molecule has 0 aromatic carbocycles. The number of aryl methyl sites for hydroxylation is 2. The van der Waals surface area contributed by atoms with Crippen molar-refractivity contribution in [3.8, 4) is 0 Å². The molecule has 0 aliphatic carbocycles. The largest absolute Gasteiger partial charge is 0.394 e. The monoisotopic (exact) mass is 1670 g/mol. The normalized spacial score (nSPS) is 18.9. The summed E-state index contributed by atoms with van der Waals surface area (Å²) in [6.07, 6.45) is 7.22. The lowest BCUT2D eigenvalue weighted by molar-refractivity contribution is -0.0803. The van der Waals surface area contributed by atoms with Gasteiger partial charge in [0.2, 0.25) is 11.9 Å². The number of aliphatic hydroxyl groups excluding tert-OH is 4.